The van der Waals surface area contributed by atoms with Crippen LogP contribution in [0.4, 0.5) is 4.39 Å². The maximum atomic E-state index is 13.1. The Bertz CT molecular complexity index is 269. The Balaban J connectivity index is 3.18. The zero-order valence-corrected chi connectivity index (χ0v) is 7.52. The lowest BCUT2D eigenvalue weighted by Crippen LogP contribution is -1.97. The second kappa shape index (κ2) is 3.57. The fourth-order valence-electron chi connectivity index (χ4n) is 1.11. The molecule has 12 heavy (non-hydrogen) atoms. The molecule has 0 aromatic heterocycles. The van der Waals surface area contributed by atoms with Gasteiger partial charge in [0.2, 0.25) is 0 Å². The third-order valence-corrected chi connectivity index (χ3v) is 1.71. The summed E-state index contributed by atoms with van der Waals surface area (Å²) in [6.45, 7) is 3.86. The molecule has 0 spiro atoms. The Morgan fingerprint density at radius 2 is 2.00 bits per heavy atom. The number of rotatable bonds is 2. The van der Waals surface area contributed by atoms with Gasteiger partial charge in [0.05, 0.1) is 7.11 Å². The normalized spacial score (nSPS) is 10.4. The van der Waals surface area contributed by atoms with Crippen LogP contribution in [-0.2, 0) is 0 Å². The minimum Gasteiger partial charge on any atom is -0.493 e. The maximum absolute atomic E-state index is 13.1. The predicted molar refractivity (Wildman–Crippen MR) is 46.6 cm³/mol. The summed E-state index contributed by atoms with van der Waals surface area (Å²) in [5, 5.41) is 0. The molecule has 1 nitrogen and oxygen atoms in total. The van der Waals surface area contributed by atoms with Gasteiger partial charge in [0.15, 0.2) is 11.6 Å². The summed E-state index contributed by atoms with van der Waals surface area (Å²) >= 11 is 0. The molecule has 0 atom stereocenters. The van der Waals surface area contributed by atoms with Gasteiger partial charge >= 0.3 is 0 Å². The van der Waals surface area contributed by atoms with Crippen LogP contribution < -0.4 is 4.74 Å². The number of benzene rings is 1. The summed E-state index contributed by atoms with van der Waals surface area (Å²) < 4.78 is 18.0. The quantitative estimate of drug-likeness (QED) is 0.658. The van der Waals surface area contributed by atoms with Crippen molar-refractivity contribution < 1.29 is 9.13 Å². The largest absolute Gasteiger partial charge is 0.493 e. The first-order valence-electron chi connectivity index (χ1n) is 3.80. The number of hydrogen-bond acceptors (Lipinski definition) is 1. The zero-order valence-electron chi connectivity index (χ0n) is 7.52. The second-order valence-corrected chi connectivity index (χ2v) is 2.82. The molecule has 0 N–H and O–H groups in total. The van der Waals surface area contributed by atoms with Crippen molar-refractivity contribution in [3.63, 3.8) is 0 Å². The molecule has 0 heterocycles. The highest BCUT2D eigenvalue weighted by atomic mass is 19.1. The van der Waals surface area contributed by atoms with Crippen LogP contribution in [0.2, 0.25) is 0 Å². The maximum Gasteiger partial charge on any atom is 0.165 e. The van der Waals surface area contributed by atoms with E-state index in [9.17, 15) is 4.39 Å². The van der Waals surface area contributed by atoms with E-state index in [2.05, 4.69) is 0 Å². The first-order valence-corrected chi connectivity index (χ1v) is 3.80. The van der Waals surface area contributed by atoms with Crippen LogP contribution in [0.15, 0.2) is 18.2 Å². The molecule has 0 bridgehead atoms. The van der Waals surface area contributed by atoms with Gasteiger partial charge in [0.1, 0.15) is 0 Å². The molecule has 0 amide bonds. The van der Waals surface area contributed by atoms with Crippen molar-refractivity contribution in [3.05, 3.63) is 35.5 Å². The van der Waals surface area contributed by atoms with Crippen LogP contribution in [0.3, 0.4) is 0 Å². The van der Waals surface area contributed by atoms with E-state index in [0.717, 1.165) is 11.5 Å². The number of para-hydroxylation sites is 1. The van der Waals surface area contributed by atoms with Crippen LogP contribution in [0.25, 0.3) is 0 Å². The van der Waals surface area contributed by atoms with Crippen LogP contribution >= 0.6 is 0 Å². The molecule has 65 valence electrons. The van der Waals surface area contributed by atoms with Crippen molar-refractivity contribution in [3.8, 4) is 5.75 Å². The standard InChI is InChI=1S/C10H12FO/c1-7(2)8-5-4-6-9(11)10(8)12-3/h4-6H,1-3H3. The molecule has 0 aliphatic rings. The molecular weight excluding hydrogens is 155 g/mol. The summed E-state index contributed by atoms with van der Waals surface area (Å²) in [7, 11) is 1.48. The number of ether oxygens (including phenoxy) is 1. The van der Waals surface area contributed by atoms with Gasteiger partial charge in [0, 0.05) is 11.5 Å². The summed E-state index contributed by atoms with van der Waals surface area (Å²) in [6.07, 6.45) is 0. The minimum absolute atomic E-state index is 0.309. The van der Waals surface area contributed by atoms with Crippen molar-refractivity contribution in [2.45, 2.75) is 13.8 Å². The molecule has 1 radical (unpaired) electrons. The fraction of sp³-hybridized carbons (Fsp3) is 0.300. The summed E-state index contributed by atoms with van der Waals surface area (Å²) in [4.78, 5) is 0. The van der Waals surface area contributed by atoms with E-state index in [1.165, 1.54) is 13.2 Å². The van der Waals surface area contributed by atoms with E-state index in [4.69, 9.17) is 4.74 Å². The van der Waals surface area contributed by atoms with E-state index in [1.807, 2.05) is 19.9 Å². The van der Waals surface area contributed by atoms with Crippen LogP contribution in [0, 0.1) is 11.7 Å². The van der Waals surface area contributed by atoms with Gasteiger partial charge in [-0.15, -0.1) is 0 Å². The molecule has 0 fully saturated rings. The molecule has 0 saturated heterocycles. The smallest absolute Gasteiger partial charge is 0.165 e. The van der Waals surface area contributed by atoms with E-state index >= 15 is 0 Å². The molecule has 1 aromatic rings. The fourth-order valence-corrected chi connectivity index (χ4v) is 1.11. The van der Waals surface area contributed by atoms with Gasteiger partial charge in [-0.3, -0.25) is 0 Å². The highest BCUT2D eigenvalue weighted by Gasteiger charge is 2.10. The van der Waals surface area contributed by atoms with Crippen molar-refractivity contribution in [2.75, 3.05) is 7.11 Å². The van der Waals surface area contributed by atoms with Crippen molar-refractivity contribution in [2.24, 2.45) is 0 Å². The Kier molecular flexibility index (Phi) is 2.69. The van der Waals surface area contributed by atoms with E-state index < -0.39 is 0 Å². The topological polar surface area (TPSA) is 9.23 Å². The van der Waals surface area contributed by atoms with Gasteiger partial charge in [-0.25, -0.2) is 4.39 Å². The average Bonchev–Trinajstić information content (AvgIpc) is 2.03. The Morgan fingerprint density at radius 1 is 1.33 bits per heavy atom. The van der Waals surface area contributed by atoms with E-state index in [0.29, 0.717) is 5.75 Å². The SMILES string of the molecule is COc1c(F)cccc1[C](C)C. The Morgan fingerprint density at radius 3 is 2.42 bits per heavy atom. The number of methoxy groups -OCH3 is 1. The molecule has 1 rings (SSSR count). The zero-order chi connectivity index (χ0) is 9.14. The number of hydrogen-bond donors (Lipinski definition) is 0. The molecule has 0 aliphatic carbocycles. The lowest BCUT2D eigenvalue weighted by atomic mass is 10.0. The summed E-state index contributed by atoms with van der Waals surface area (Å²) in [5.74, 6) is 1.07. The first-order chi connectivity index (χ1) is 5.66. The predicted octanol–water partition coefficient (Wildman–Crippen LogP) is 2.80. The van der Waals surface area contributed by atoms with Gasteiger partial charge in [-0.05, 0) is 6.07 Å². The first kappa shape index (κ1) is 9.04. The monoisotopic (exact) mass is 167 g/mol. The van der Waals surface area contributed by atoms with Gasteiger partial charge < -0.3 is 4.74 Å². The van der Waals surface area contributed by atoms with Crippen LogP contribution in [0.5, 0.6) is 5.75 Å². The van der Waals surface area contributed by atoms with Crippen molar-refractivity contribution in [1.82, 2.24) is 0 Å². The van der Waals surface area contributed by atoms with E-state index in [-0.39, 0.29) is 5.82 Å². The third-order valence-electron chi connectivity index (χ3n) is 1.71. The molecule has 2 heteroatoms. The highest BCUT2D eigenvalue weighted by molar-refractivity contribution is 5.42. The van der Waals surface area contributed by atoms with Gasteiger partial charge in [-0.2, -0.15) is 0 Å². The molecule has 0 unspecified atom stereocenters. The second-order valence-electron chi connectivity index (χ2n) is 2.82. The van der Waals surface area contributed by atoms with E-state index in [1.54, 1.807) is 6.07 Å². The molecule has 1 aromatic carbocycles. The lowest BCUT2D eigenvalue weighted by molar-refractivity contribution is 0.383. The number of halogens is 1. The summed E-state index contributed by atoms with van der Waals surface area (Å²) in [6, 6.07) is 4.92. The Labute approximate surface area is 72.2 Å². The van der Waals surface area contributed by atoms with Gasteiger partial charge in [-0.1, -0.05) is 26.0 Å². The Hall–Kier alpha value is -1.05. The summed E-state index contributed by atoms with van der Waals surface area (Å²) in [5.41, 5.74) is 0.831. The molecule has 0 aliphatic heterocycles. The highest BCUT2D eigenvalue weighted by Crippen LogP contribution is 2.27. The lowest BCUT2D eigenvalue weighted by Gasteiger charge is -2.10. The average molecular weight is 167 g/mol. The van der Waals surface area contributed by atoms with Gasteiger partial charge in [0.25, 0.3) is 0 Å². The van der Waals surface area contributed by atoms with Crippen molar-refractivity contribution in [1.29, 1.82) is 0 Å². The third kappa shape index (κ3) is 1.58. The minimum atomic E-state index is -0.309. The molecule has 0 saturated carbocycles. The van der Waals surface area contributed by atoms with Crippen LogP contribution in [-0.4, -0.2) is 7.11 Å². The van der Waals surface area contributed by atoms with Crippen LogP contribution in [0.1, 0.15) is 19.4 Å². The van der Waals surface area contributed by atoms with Crippen molar-refractivity contribution >= 4 is 0 Å². The molecular formula is C10H12FO.